The Hall–Kier alpha value is -3.69. The Morgan fingerprint density at radius 2 is 1.90 bits per heavy atom. The van der Waals surface area contributed by atoms with Crippen LogP contribution in [0.2, 0.25) is 0 Å². The van der Waals surface area contributed by atoms with Gasteiger partial charge in [-0.3, -0.25) is 0 Å². The quantitative estimate of drug-likeness (QED) is 0.369. The molecule has 2 aromatic rings. The van der Waals surface area contributed by atoms with Crippen molar-refractivity contribution >= 4 is 17.4 Å². The standard InChI is InChI=1S/C20H18F2N2O6/c1-12(13-7-8-16-17(9-13)28-11-27-16)23-29-10-14-5-3-4-6-15(14)18(19(25)26-2)24-30-20(21)22/h3-9,20H,10-11H2,1-2H3/b23-12?,24-18+. The molecule has 3 rings (SSSR count). The molecule has 0 saturated carbocycles. The Balaban J connectivity index is 1.76. The van der Waals surface area contributed by atoms with Crippen molar-refractivity contribution in [2.75, 3.05) is 13.9 Å². The number of halogens is 2. The van der Waals surface area contributed by atoms with Crippen LogP contribution in [-0.2, 0) is 25.8 Å². The lowest BCUT2D eigenvalue weighted by molar-refractivity contribution is -0.136. The van der Waals surface area contributed by atoms with Gasteiger partial charge in [0.2, 0.25) is 6.79 Å². The molecule has 0 radical (unpaired) electrons. The molecule has 1 aliphatic heterocycles. The zero-order valence-electron chi connectivity index (χ0n) is 16.1. The molecule has 2 aromatic carbocycles. The second-order valence-corrected chi connectivity index (χ2v) is 5.97. The minimum atomic E-state index is -3.18. The number of carbonyl (C=O) groups is 1. The lowest BCUT2D eigenvalue weighted by Crippen LogP contribution is -2.20. The first-order valence-electron chi connectivity index (χ1n) is 8.74. The number of nitrogens with zero attached hydrogens (tertiary/aromatic N) is 2. The lowest BCUT2D eigenvalue weighted by Gasteiger charge is -2.10. The Kier molecular flexibility index (Phi) is 6.79. The molecule has 0 aromatic heterocycles. The van der Waals surface area contributed by atoms with Gasteiger partial charge in [-0.05, 0) is 25.1 Å². The SMILES string of the molecule is COC(=O)/C(=N/OC(F)F)c1ccccc1CON=C(C)c1ccc2c(c1)OCO2. The summed E-state index contributed by atoms with van der Waals surface area (Å²) >= 11 is 0. The molecule has 30 heavy (non-hydrogen) atoms. The Morgan fingerprint density at radius 3 is 2.67 bits per heavy atom. The van der Waals surface area contributed by atoms with E-state index >= 15 is 0 Å². The van der Waals surface area contributed by atoms with E-state index in [4.69, 9.17) is 14.3 Å². The fourth-order valence-electron chi connectivity index (χ4n) is 2.64. The first kappa shape index (κ1) is 21.0. The van der Waals surface area contributed by atoms with E-state index in [-0.39, 0.29) is 19.0 Å². The van der Waals surface area contributed by atoms with Crippen molar-refractivity contribution < 1.29 is 37.5 Å². The first-order chi connectivity index (χ1) is 14.5. The number of carbonyl (C=O) groups excluding carboxylic acids is 1. The Morgan fingerprint density at radius 1 is 1.13 bits per heavy atom. The third-order valence-corrected chi connectivity index (χ3v) is 4.09. The molecular weight excluding hydrogens is 402 g/mol. The summed E-state index contributed by atoms with van der Waals surface area (Å²) in [5, 5.41) is 7.29. The maximum atomic E-state index is 12.4. The molecule has 8 nitrogen and oxygen atoms in total. The van der Waals surface area contributed by atoms with Gasteiger partial charge >= 0.3 is 12.6 Å². The molecule has 0 bridgehead atoms. The van der Waals surface area contributed by atoms with Crippen LogP contribution in [0, 0.1) is 0 Å². The van der Waals surface area contributed by atoms with Crippen molar-refractivity contribution in [1.82, 2.24) is 0 Å². The van der Waals surface area contributed by atoms with Gasteiger partial charge in [0.1, 0.15) is 6.61 Å². The summed E-state index contributed by atoms with van der Waals surface area (Å²) in [4.78, 5) is 21.3. The van der Waals surface area contributed by atoms with Crippen molar-refractivity contribution in [1.29, 1.82) is 0 Å². The summed E-state index contributed by atoms with van der Waals surface area (Å²) in [5.41, 5.74) is 1.64. The molecule has 0 N–H and O–H groups in total. The van der Waals surface area contributed by atoms with E-state index in [0.717, 1.165) is 12.7 Å². The highest BCUT2D eigenvalue weighted by atomic mass is 19.3. The summed E-state index contributed by atoms with van der Waals surface area (Å²) in [7, 11) is 1.11. The molecule has 0 unspecified atom stereocenters. The highest BCUT2D eigenvalue weighted by Crippen LogP contribution is 2.32. The number of alkyl halides is 2. The van der Waals surface area contributed by atoms with Crippen LogP contribution in [0.15, 0.2) is 52.8 Å². The Labute approximate surface area is 170 Å². The molecule has 0 saturated heterocycles. The number of hydrogen-bond donors (Lipinski definition) is 0. The molecule has 0 spiro atoms. The molecule has 0 aliphatic carbocycles. The van der Waals surface area contributed by atoms with Crippen molar-refractivity contribution in [2.24, 2.45) is 10.3 Å². The number of ether oxygens (including phenoxy) is 3. The van der Waals surface area contributed by atoms with E-state index in [1.165, 1.54) is 6.07 Å². The molecule has 158 valence electrons. The highest BCUT2D eigenvalue weighted by molar-refractivity contribution is 6.43. The van der Waals surface area contributed by atoms with Crippen LogP contribution in [0.5, 0.6) is 11.5 Å². The smallest absolute Gasteiger partial charge is 0.407 e. The van der Waals surface area contributed by atoms with Crippen molar-refractivity contribution in [2.45, 2.75) is 20.1 Å². The third kappa shape index (κ3) is 5.02. The van der Waals surface area contributed by atoms with E-state index < -0.39 is 18.3 Å². The number of hydrogen-bond acceptors (Lipinski definition) is 8. The van der Waals surface area contributed by atoms with Crippen LogP contribution in [0.4, 0.5) is 8.78 Å². The van der Waals surface area contributed by atoms with Crippen LogP contribution >= 0.6 is 0 Å². The van der Waals surface area contributed by atoms with Crippen LogP contribution in [0.1, 0.15) is 23.6 Å². The fraction of sp³-hybridized carbons (Fsp3) is 0.250. The van der Waals surface area contributed by atoms with Gasteiger partial charge in [0.25, 0.3) is 0 Å². The molecule has 1 heterocycles. The highest BCUT2D eigenvalue weighted by Gasteiger charge is 2.20. The number of rotatable bonds is 8. The van der Waals surface area contributed by atoms with Crippen molar-refractivity contribution in [3.8, 4) is 11.5 Å². The lowest BCUT2D eigenvalue weighted by atomic mass is 10.0. The molecule has 0 fully saturated rings. The number of fused-ring (bicyclic) bond motifs is 1. The van der Waals surface area contributed by atoms with Crippen molar-refractivity contribution in [3.05, 3.63) is 59.2 Å². The average molecular weight is 420 g/mol. The third-order valence-electron chi connectivity index (χ3n) is 4.09. The molecule has 10 heteroatoms. The maximum Gasteiger partial charge on any atom is 0.407 e. The van der Waals surface area contributed by atoms with Crippen LogP contribution in [0.25, 0.3) is 0 Å². The Bertz CT molecular complexity index is 978. The van der Waals surface area contributed by atoms with Gasteiger partial charge < -0.3 is 23.9 Å². The van der Waals surface area contributed by atoms with Gasteiger partial charge in [-0.2, -0.15) is 8.78 Å². The number of methoxy groups -OCH3 is 1. The summed E-state index contributed by atoms with van der Waals surface area (Å²) in [5.74, 6) is 0.343. The monoisotopic (exact) mass is 420 g/mol. The average Bonchev–Trinajstić information content (AvgIpc) is 3.22. The van der Waals surface area contributed by atoms with Gasteiger partial charge in [0, 0.05) is 16.7 Å². The van der Waals surface area contributed by atoms with Gasteiger partial charge in [0.05, 0.1) is 12.8 Å². The topological polar surface area (TPSA) is 87.9 Å². The maximum absolute atomic E-state index is 12.4. The minimum Gasteiger partial charge on any atom is -0.464 e. The first-order valence-corrected chi connectivity index (χ1v) is 8.74. The zero-order valence-corrected chi connectivity index (χ0v) is 16.1. The minimum absolute atomic E-state index is 0.0528. The van der Waals surface area contributed by atoms with Crippen LogP contribution in [0.3, 0.4) is 0 Å². The normalized spacial score (nSPS) is 13.4. The van der Waals surface area contributed by atoms with Gasteiger partial charge in [0.15, 0.2) is 17.2 Å². The van der Waals surface area contributed by atoms with E-state index in [9.17, 15) is 13.6 Å². The van der Waals surface area contributed by atoms with E-state index in [0.29, 0.717) is 22.8 Å². The molecule has 0 amide bonds. The van der Waals surface area contributed by atoms with E-state index in [2.05, 4.69) is 19.9 Å². The second-order valence-electron chi connectivity index (χ2n) is 5.97. The fourth-order valence-corrected chi connectivity index (χ4v) is 2.64. The zero-order chi connectivity index (χ0) is 21.5. The number of esters is 1. The predicted molar refractivity (Wildman–Crippen MR) is 102 cm³/mol. The number of benzene rings is 2. The number of oxime groups is 2. The second kappa shape index (κ2) is 9.68. The van der Waals surface area contributed by atoms with Gasteiger partial charge in [-0.1, -0.05) is 34.6 Å². The van der Waals surface area contributed by atoms with Gasteiger partial charge in [-0.15, -0.1) is 0 Å². The van der Waals surface area contributed by atoms with Crippen LogP contribution < -0.4 is 9.47 Å². The summed E-state index contributed by atoms with van der Waals surface area (Å²) in [6.45, 7) is -1.31. The molecule has 1 aliphatic rings. The summed E-state index contributed by atoms with van der Waals surface area (Å²) in [6.07, 6.45) is 0. The van der Waals surface area contributed by atoms with Crippen molar-refractivity contribution in [3.63, 3.8) is 0 Å². The van der Waals surface area contributed by atoms with E-state index in [1.54, 1.807) is 37.3 Å². The summed E-state index contributed by atoms with van der Waals surface area (Å²) < 4.78 is 40.0. The largest absolute Gasteiger partial charge is 0.464 e. The predicted octanol–water partition coefficient (Wildman–Crippen LogP) is 3.47. The van der Waals surface area contributed by atoms with E-state index in [1.807, 2.05) is 6.07 Å². The van der Waals surface area contributed by atoms with Crippen LogP contribution in [-0.4, -0.2) is 37.9 Å². The summed E-state index contributed by atoms with van der Waals surface area (Å²) in [6, 6.07) is 11.8. The molecule has 0 atom stereocenters. The van der Waals surface area contributed by atoms with Gasteiger partial charge in [-0.25, -0.2) is 4.79 Å². The molecular formula is C20H18F2N2O6.